The fraction of sp³-hybridized carbons (Fsp3) is 0.364. The van der Waals surface area contributed by atoms with Crippen LogP contribution < -0.4 is 4.90 Å². The van der Waals surface area contributed by atoms with Crippen LogP contribution in [0.15, 0.2) is 18.3 Å². The Morgan fingerprint density at radius 1 is 1.69 bits per heavy atom. The van der Waals surface area contributed by atoms with E-state index in [0.29, 0.717) is 12.2 Å². The van der Waals surface area contributed by atoms with Crippen LogP contribution in [0.2, 0.25) is 0 Å². The number of hydrogen-bond acceptors (Lipinski definition) is 4. The molecule has 1 atom stereocenters. The molecule has 0 aliphatic rings. The third-order valence-corrected chi connectivity index (χ3v) is 2.40. The predicted octanol–water partition coefficient (Wildman–Crippen LogP) is 1.52. The van der Waals surface area contributed by atoms with Crippen LogP contribution in [0.5, 0.6) is 0 Å². The van der Waals surface area contributed by atoms with Gasteiger partial charge in [-0.15, -0.1) is 0 Å². The van der Waals surface area contributed by atoms with Gasteiger partial charge in [0.2, 0.25) is 0 Å². The first-order valence-electron chi connectivity index (χ1n) is 4.85. The molecule has 84 valence electrons. The van der Waals surface area contributed by atoms with E-state index in [-0.39, 0.29) is 11.6 Å². The van der Waals surface area contributed by atoms with Gasteiger partial charge in [-0.1, -0.05) is 0 Å². The highest BCUT2D eigenvalue weighted by Gasteiger charge is 2.11. The first-order chi connectivity index (χ1) is 7.56. The molecule has 1 unspecified atom stereocenters. The van der Waals surface area contributed by atoms with Crippen LogP contribution in [0.3, 0.4) is 0 Å². The Morgan fingerprint density at radius 3 is 2.81 bits per heavy atom. The Morgan fingerprint density at radius 2 is 2.38 bits per heavy atom. The molecule has 0 radical (unpaired) electrons. The zero-order valence-electron chi connectivity index (χ0n) is 9.21. The Kier molecular flexibility index (Phi) is 3.84. The summed E-state index contributed by atoms with van der Waals surface area (Å²) in [5.41, 5.74) is 0.157. The van der Waals surface area contributed by atoms with Gasteiger partial charge in [0.15, 0.2) is 0 Å². The monoisotopic (exact) mass is 219 g/mol. The van der Waals surface area contributed by atoms with Gasteiger partial charge in [0.1, 0.15) is 5.82 Å². The average molecular weight is 219 g/mol. The molecule has 0 fully saturated rings. The van der Waals surface area contributed by atoms with E-state index in [1.807, 2.05) is 18.9 Å². The lowest BCUT2D eigenvalue weighted by molar-refractivity contribution is 0.0696. The number of carboxylic acid groups (broad SMARTS) is 1. The first-order valence-corrected chi connectivity index (χ1v) is 4.85. The SMILES string of the molecule is CC(CC#N)N(C)c1ccc(C(=O)O)cn1. The van der Waals surface area contributed by atoms with Crippen molar-refractivity contribution < 1.29 is 9.90 Å². The van der Waals surface area contributed by atoms with E-state index < -0.39 is 5.97 Å². The molecule has 1 rings (SSSR count). The van der Waals surface area contributed by atoms with Crippen LogP contribution in [0.1, 0.15) is 23.7 Å². The summed E-state index contributed by atoms with van der Waals surface area (Å²) in [4.78, 5) is 16.5. The van der Waals surface area contributed by atoms with Crippen molar-refractivity contribution in [2.75, 3.05) is 11.9 Å². The molecular weight excluding hydrogens is 206 g/mol. The van der Waals surface area contributed by atoms with Crippen LogP contribution in [-0.2, 0) is 0 Å². The Labute approximate surface area is 93.9 Å². The van der Waals surface area contributed by atoms with Crippen LogP contribution in [-0.4, -0.2) is 29.1 Å². The van der Waals surface area contributed by atoms with Gasteiger partial charge in [-0.25, -0.2) is 9.78 Å². The highest BCUT2D eigenvalue weighted by molar-refractivity contribution is 5.87. The summed E-state index contributed by atoms with van der Waals surface area (Å²) >= 11 is 0. The molecule has 0 bridgehead atoms. The summed E-state index contributed by atoms with van der Waals surface area (Å²) in [5.74, 6) is -0.334. The molecule has 1 aromatic rings. The molecule has 0 aromatic carbocycles. The Bertz CT molecular complexity index is 408. The summed E-state index contributed by atoms with van der Waals surface area (Å²) in [6, 6.07) is 5.27. The third kappa shape index (κ3) is 2.70. The molecule has 5 nitrogen and oxygen atoms in total. The summed E-state index contributed by atoms with van der Waals surface area (Å²) in [5, 5.41) is 17.3. The van der Waals surface area contributed by atoms with Crippen molar-refractivity contribution in [1.82, 2.24) is 4.98 Å². The average Bonchev–Trinajstić information content (AvgIpc) is 2.28. The topological polar surface area (TPSA) is 77.2 Å². The second-order valence-corrected chi connectivity index (χ2v) is 3.53. The maximum absolute atomic E-state index is 10.6. The largest absolute Gasteiger partial charge is 0.478 e. The first kappa shape index (κ1) is 12.0. The fourth-order valence-corrected chi connectivity index (χ4v) is 1.22. The standard InChI is InChI=1S/C11H13N3O2/c1-8(5-6-12)14(2)10-4-3-9(7-13-10)11(15)16/h3-4,7-8H,5H2,1-2H3,(H,15,16). The second kappa shape index (κ2) is 5.12. The predicted molar refractivity (Wildman–Crippen MR) is 59.3 cm³/mol. The molecule has 0 amide bonds. The van der Waals surface area contributed by atoms with Crippen molar-refractivity contribution in [3.8, 4) is 6.07 Å². The summed E-state index contributed by atoms with van der Waals surface area (Å²) in [6.07, 6.45) is 1.71. The van der Waals surface area contributed by atoms with E-state index in [9.17, 15) is 4.79 Å². The number of aromatic nitrogens is 1. The van der Waals surface area contributed by atoms with E-state index >= 15 is 0 Å². The lowest BCUT2D eigenvalue weighted by Crippen LogP contribution is -2.29. The van der Waals surface area contributed by atoms with E-state index in [2.05, 4.69) is 11.1 Å². The highest BCUT2D eigenvalue weighted by atomic mass is 16.4. The zero-order chi connectivity index (χ0) is 12.1. The van der Waals surface area contributed by atoms with Gasteiger partial charge in [-0.05, 0) is 19.1 Å². The van der Waals surface area contributed by atoms with Crippen molar-refractivity contribution in [2.24, 2.45) is 0 Å². The Hall–Kier alpha value is -2.09. The summed E-state index contributed by atoms with van der Waals surface area (Å²) in [7, 11) is 1.82. The molecule has 1 N–H and O–H groups in total. The molecule has 1 heterocycles. The van der Waals surface area contributed by atoms with Crippen molar-refractivity contribution in [2.45, 2.75) is 19.4 Å². The van der Waals surface area contributed by atoms with E-state index in [0.717, 1.165) is 0 Å². The number of pyridine rings is 1. The lowest BCUT2D eigenvalue weighted by Gasteiger charge is -2.23. The van der Waals surface area contributed by atoms with E-state index in [1.165, 1.54) is 12.3 Å². The van der Waals surface area contributed by atoms with Gasteiger partial charge in [0.25, 0.3) is 0 Å². The zero-order valence-corrected chi connectivity index (χ0v) is 9.21. The number of rotatable bonds is 4. The second-order valence-electron chi connectivity index (χ2n) is 3.53. The molecule has 0 aliphatic heterocycles. The maximum atomic E-state index is 10.6. The van der Waals surface area contributed by atoms with Gasteiger partial charge in [0, 0.05) is 19.3 Å². The molecule has 5 heteroatoms. The molecule has 0 saturated carbocycles. The van der Waals surface area contributed by atoms with Crippen LogP contribution in [0.25, 0.3) is 0 Å². The molecule has 16 heavy (non-hydrogen) atoms. The van der Waals surface area contributed by atoms with Gasteiger partial charge >= 0.3 is 5.97 Å². The van der Waals surface area contributed by atoms with Crippen molar-refractivity contribution in [3.05, 3.63) is 23.9 Å². The lowest BCUT2D eigenvalue weighted by atomic mass is 10.2. The Balaban J connectivity index is 2.82. The summed E-state index contributed by atoms with van der Waals surface area (Å²) < 4.78 is 0. The molecular formula is C11H13N3O2. The van der Waals surface area contributed by atoms with Gasteiger partial charge < -0.3 is 10.0 Å². The van der Waals surface area contributed by atoms with Gasteiger partial charge in [-0.2, -0.15) is 5.26 Å². The van der Waals surface area contributed by atoms with E-state index in [1.54, 1.807) is 6.07 Å². The molecule has 1 aromatic heterocycles. The van der Waals surface area contributed by atoms with Gasteiger partial charge in [-0.3, -0.25) is 0 Å². The minimum Gasteiger partial charge on any atom is -0.478 e. The summed E-state index contributed by atoms with van der Waals surface area (Å²) in [6.45, 7) is 1.91. The minimum atomic E-state index is -0.994. The molecule has 0 saturated heterocycles. The quantitative estimate of drug-likeness (QED) is 0.830. The number of nitrogens with zero attached hydrogens (tertiary/aromatic N) is 3. The van der Waals surface area contributed by atoms with Crippen molar-refractivity contribution in [3.63, 3.8) is 0 Å². The third-order valence-electron chi connectivity index (χ3n) is 2.40. The number of carbonyl (C=O) groups is 1. The highest BCUT2D eigenvalue weighted by Crippen LogP contribution is 2.13. The van der Waals surface area contributed by atoms with Crippen LogP contribution in [0, 0.1) is 11.3 Å². The van der Waals surface area contributed by atoms with Crippen LogP contribution in [0.4, 0.5) is 5.82 Å². The number of hydrogen-bond donors (Lipinski definition) is 1. The minimum absolute atomic E-state index is 0.0492. The fourth-order valence-electron chi connectivity index (χ4n) is 1.22. The smallest absolute Gasteiger partial charge is 0.337 e. The van der Waals surface area contributed by atoms with E-state index in [4.69, 9.17) is 10.4 Å². The number of aromatic carboxylic acids is 1. The van der Waals surface area contributed by atoms with Gasteiger partial charge in [0.05, 0.1) is 18.1 Å². The van der Waals surface area contributed by atoms with Crippen LogP contribution >= 0.6 is 0 Å². The number of anilines is 1. The molecule has 0 spiro atoms. The maximum Gasteiger partial charge on any atom is 0.337 e. The van der Waals surface area contributed by atoms with Crippen molar-refractivity contribution >= 4 is 11.8 Å². The molecule has 0 aliphatic carbocycles. The van der Waals surface area contributed by atoms with Crippen molar-refractivity contribution in [1.29, 1.82) is 5.26 Å². The normalized spacial score (nSPS) is 11.6. The number of nitriles is 1. The number of carboxylic acids is 1.